The van der Waals surface area contributed by atoms with E-state index in [1.165, 1.54) is 11.9 Å². The van der Waals surface area contributed by atoms with E-state index in [1.807, 2.05) is 13.0 Å². The average Bonchev–Trinajstić information content (AvgIpc) is 3.04. The van der Waals surface area contributed by atoms with Gasteiger partial charge < -0.3 is 9.84 Å². The Morgan fingerprint density at radius 1 is 1.52 bits per heavy atom. The lowest BCUT2D eigenvalue weighted by molar-refractivity contribution is -0.132. The molecule has 1 aromatic rings. The van der Waals surface area contributed by atoms with Crippen molar-refractivity contribution in [2.45, 2.75) is 31.8 Å². The van der Waals surface area contributed by atoms with Gasteiger partial charge in [0, 0.05) is 25.6 Å². The summed E-state index contributed by atoms with van der Waals surface area (Å²) in [7, 11) is 1.53. The van der Waals surface area contributed by atoms with Crippen molar-refractivity contribution in [1.82, 2.24) is 20.3 Å². The molecule has 2 aliphatic rings. The molecule has 2 atom stereocenters. The van der Waals surface area contributed by atoms with Crippen molar-refractivity contribution in [2.75, 3.05) is 20.1 Å². The molecule has 7 heteroatoms. The summed E-state index contributed by atoms with van der Waals surface area (Å²) in [5, 5.41) is 6.56. The fourth-order valence-corrected chi connectivity index (χ4v) is 3.29. The number of hydrogen-bond acceptors (Lipinski definition) is 5. The lowest BCUT2D eigenvalue weighted by Crippen LogP contribution is -2.55. The van der Waals surface area contributed by atoms with E-state index in [-0.39, 0.29) is 17.9 Å². The number of piperidine rings is 1. The number of hydrogen-bond donors (Lipinski definition) is 1. The number of amides is 3. The SMILES string of the molecule is CN1C(=O)N[C@](C)([C@@H]2CCCN(Cc3ccno3)C2)C1=O. The largest absolute Gasteiger partial charge is 0.360 e. The third-order valence-electron chi connectivity index (χ3n) is 4.61. The molecule has 21 heavy (non-hydrogen) atoms. The van der Waals surface area contributed by atoms with Crippen LogP contribution in [0.3, 0.4) is 0 Å². The summed E-state index contributed by atoms with van der Waals surface area (Å²) in [5.74, 6) is 0.786. The van der Waals surface area contributed by atoms with Gasteiger partial charge >= 0.3 is 6.03 Å². The van der Waals surface area contributed by atoms with Crippen LogP contribution < -0.4 is 5.32 Å². The fourth-order valence-electron chi connectivity index (χ4n) is 3.29. The Balaban J connectivity index is 1.71. The van der Waals surface area contributed by atoms with Crippen molar-refractivity contribution < 1.29 is 14.1 Å². The number of rotatable bonds is 3. The van der Waals surface area contributed by atoms with Crippen LogP contribution in [0.1, 0.15) is 25.5 Å². The lowest BCUT2D eigenvalue weighted by atomic mass is 9.80. The minimum absolute atomic E-state index is 0.107. The van der Waals surface area contributed by atoms with Crippen LogP contribution in [0.25, 0.3) is 0 Å². The zero-order valence-corrected chi connectivity index (χ0v) is 12.3. The summed E-state index contributed by atoms with van der Waals surface area (Å²) in [6.07, 6.45) is 3.57. The topological polar surface area (TPSA) is 78.7 Å². The molecule has 1 aromatic heterocycles. The predicted octanol–water partition coefficient (Wildman–Crippen LogP) is 0.827. The standard InChI is InChI=1S/C14H20N4O3/c1-14(12(19)17(2)13(20)16-14)10-4-3-7-18(8-10)9-11-5-6-15-21-11/h5-6,10H,3-4,7-9H2,1-2H3,(H,16,20)/t10-,14-/m1/s1. The molecule has 0 spiro atoms. The molecule has 0 aromatic carbocycles. The molecular formula is C14H20N4O3. The van der Waals surface area contributed by atoms with Gasteiger partial charge in [-0.05, 0) is 26.3 Å². The number of carbonyl (C=O) groups excluding carboxylic acids is 2. The zero-order chi connectivity index (χ0) is 15.0. The molecule has 2 fully saturated rings. The highest BCUT2D eigenvalue weighted by molar-refractivity contribution is 6.06. The summed E-state index contributed by atoms with van der Waals surface area (Å²) in [5.41, 5.74) is -0.800. The fraction of sp³-hybridized carbons (Fsp3) is 0.643. The van der Waals surface area contributed by atoms with Crippen molar-refractivity contribution in [2.24, 2.45) is 5.92 Å². The monoisotopic (exact) mass is 292 g/mol. The lowest BCUT2D eigenvalue weighted by Gasteiger charge is -2.39. The molecule has 3 heterocycles. The van der Waals surface area contributed by atoms with Crippen LogP contribution in [-0.2, 0) is 11.3 Å². The first-order valence-corrected chi connectivity index (χ1v) is 7.23. The van der Waals surface area contributed by atoms with E-state index in [2.05, 4.69) is 15.4 Å². The molecule has 0 radical (unpaired) electrons. The van der Waals surface area contributed by atoms with Gasteiger partial charge in [0.2, 0.25) is 0 Å². The number of urea groups is 1. The van der Waals surface area contributed by atoms with Gasteiger partial charge in [0.15, 0.2) is 5.76 Å². The normalized spacial score (nSPS) is 30.8. The molecule has 0 aliphatic carbocycles. The number of carbonyl (C=O) groups is 2. The highest BCUT2D eigenvalue weighted by atomic mass is 16.5. The van der Waals surface area contributed by atoms with Gasteiger partial charge in [0.25, 0.3) is 5.91 Å². The van der Waals surface area contributed by atoms with E-state index >= 15 is 0 Å². The van der Waals surface area contributed by atoms with Crippen LogP contribution in [0.2, 0.25) is 0 Å². The number of nitrogens with one attached hydrogen (secondary N) is 1. The van der Waals surface area contributed by atoms with Gasteiger partial charge in [-0.2, -0.15) is 0 Å². The maximum absolute atomic E-state index is 12.4. The predicted molar refractivity (Wildman–Crippen MR) is 74.2 cm³/mol. The van der Waals surface area contributed by atoms with Gasteiger partial charge in [-0.3, -0.25) is 14.6 Å². The molecule has 3 amide bonds. The van der Waals surface area contributed by atoms with Crippen molar-refractivity contribution in [3.63, 3.8) is 0 Å². The summed E-state index contributed by atoms with van der Waals surface area (Å²) in [6, 6.07) is 1.54. The summed E-state index contributed by atoms with van der Waals surface area (Å²) < 4.78 is 5.14. The van der Waals surface area contributed by atoms with Gasteiger partial charge in [-0.25, -0.2) is 4.79 Å². The van der Waals surface area contributed by atoms with E-state index in [1.54, 1.807) is 6.20 Å². The van der Waals surface area contributed by atoms with Crippen LogP contribution in [0.4, 0.5) is 4.79 Å². The van der Waals surface area contributed by atoms with Crippen LogP contribution in [0, 0.1) is 5.92 Å². The Bertz CT molecular complexity index is 544. The van der Waals surface area contributed by atoms with E-state index in [0.29, 0.717) is 6.54 Å². The Kier molecular flexibility index (Phi) is 3.44. The summed E-state index contributed by atoms with van der Waals surface area (Å²) in [4.78, 5) is 27.5. The van der Waals surface area contributed by atoms with Crippen LogP contribution >= 0.6 is 0 Å². The molecule has 3 rings (SSSR count). The van der Waals surface area contributed by atoms with Crippen molar-refractivity contribution in [3.05, 3.63) is 18.0 Å². The molecule has 0 unspecified atom stereocenters. The third kappa shape index (κ3) is 2.42. The van der Waals surface area contributed by atoms with Crippen molar-refractivity contribution >= 4 is 11.9 Å². The van der Waals surface area contributed by atoms with E-state index < -0.39 is 5.54 Å². The second-order valence-corrected chi connectivity index (χ2v) is 6.05. The van der Waals surface area contributed by atoms with E-state index in [9.17, 15) is 9.59 Å². The van der Waals surface area contributed by atoms with Crippen molar-refractivity contribution in [1.29, 1.82) is 0 Å². The molecule has 2 aliphatic heterocycles. The molecule has 114 valence electrons. The minimum Gasteiger partial charge on any atom is -0.360 e. The van der Waals surface area contributed by atoms with E-state index in [4.69, 9.17) is 4.52 Å². The van der Waals surface area contributed by atoms with Gasteiger partial charge in [-0.15, -0.1) is 0 Å². The molecule has 2 saturated heterocycles. The molecule has 0 saturated carbocycles. The van der Waals surface area contributed by atoms with Crippen LogP contribution in [0.5, 0.6) is 0 Å². The maximum atomic E-state index is 12.4. The second kappa shape index (κ2) is 5.14. The Morgan fingerprint density at radius 3 is 2.95 bits per heavy atom. The summed E-state index contributed by atoms with van der Waals surface area (Å²) >= 11 is 0. The smallest absolute Gasteiger partial charge is 0.324 e. The van der Waals surface area contributed by atoms with E-state index in [0.717, 1.165) is 31.7 Å². The molecule has 1 N–H and O–H groups in total. The van der Waals surface area contributed by atoms with Crippen LogP contribution in [0.15, 0.2) is 16.8 Å². The molecule has 0 bridgehead atoms. The zero-order valence-electron chi connectivity index (χ0n) is 12.3. The second-order valence-electron chi connectivity index (χ2n) is 6.05. The first-order valence-electron chi connectivity index (χ1n) is 7.23. The Labute approximate surface area is 123 Å². The van der Waals surface area contributed by atoms with Gasteiger partial charge in [0.1, 0.15) is 5.54 Å². The number of likely N-dealkylation sites (tertiary alicyclic amines) is 1. The van der Waals surface area contributed by atoms with Crippen LogP contribution in [-0.4, -0.2) is 52.6 Å². The number of likely N-dealkylation sites (N-methyl/N-ethyl adjacent to an activating group) is 1. The first-order chi connectivity index (χ1) is 10.0. The summed E-state index contributed by atoms with van der Waals surface area (Å²) in [6.45, 7) is 4.24. The maximum Gasteiger partial charge on any atom is 0.324 e. The highest BCUT2D eigenvalue weighted by Gasteiger charge is 2.51. The number of imide groups is 1. The first kappa shape index (κ1) is 14.1. The van der Waals surface area contributed by atoms with Crippen molar-refractivity contribution in [3.8, 4) is 0 Å². The Morgan fingerprint density at radius 2 is 2.33 bits per heavy atom. The molecular weight excluding hydrogens is 272 g/mol. The number of aromatic nitrogens is 1. The minimum atomic E-state index is -0.800. The van der Waals surface area contributed by atoms with Gasteiger partial charge in [0.05, 0.1) is 12.7 Å². The third-order valence-corrected chi connectivity index (χ3v) is 4.61. The van der Waals surface area contributed by atoms with Gasteiger partial charge in [-0.1, -0.05) is 5.16 Å². The number of nitrogens with zero attached hydrogens (tertiary/aromatic N) is 3. The highest BCUT2D eigenvalue weighted by Crippen LogP contribution is 2.32. The Hall–Kier alpha value is -1.89. The quantitative estimate of drug-likeness (QED) is 0.835. The molecule has 7 nitrogen and oxygen atoms in total. The average molecular weight is 292 g/mol.